The third-order valence-corrected chi connectivity index (χ3v) is 3.52. The fraction of sp³-hybridized carbons (Fsp3) is 0.133. The Hall–Kier alpha value is -2.73. The Bertz CT molecular complexity index is 817. The van der Waals surface area contributed by atoms with Crippen molar-refractivity contribution in [2.24, 2.45) is 0 Å². The minimum atomic E-state index is 0.665. The monoisotopic (exact) mass is 278 g/mol. The van der Waals surface area contributed by atoms with Crippen LogP contribution in [0, 0.1) is 0 Å². The first-order valence-corrected chi connectivity index (χ1v) is 6.82. The molecule has 0 spiro atoms. The third-order valence-electron chi connectivity index (χ3n) is 3.52. The van der Waals surface area contributed by atoms with Crippen molar-refractivity contribution in [3.63, 3.8) is 0 Å². The Balaban J connectivity index is 1.50. The van der Waals surface area contributed by atoms with Gasteiger partial charge < -0.3 is 10.3 Å². The van der Waals surface area contributed by atoms with E-state index in [1.807, 2.05) is 41.1 Å². The van der Waals surface area contributed by atoms with Crippen LogP contribution in [0.5, 0.6) is 0 Å². The van der Waals surface area contributed by atoms with Crippen molar-refractivity contribution in [2.75, 3.05) is 0 Å². The van der Waals surface area contributed by atoms with E-state index in [1.54, 1.807) is 6.20 Å². The molecule has 6 heteroatoms. The van der Waals surface area contributed by atoms with Gasteiger partial charge in [-0.3, -0.25) is 4.40 Å². The summed E-state index contributed by atoms with van der Waals surface area (Å²) in [5, 5.41) is 12.9. The lowest BCUT2D eigenvalue weighted by Crippen LogP contribution is -2.14. The standard InChI is InChI=1S/C15H14N6/c1-2-7-21-13(5-1)19-20-14(21)10-16-8-11-9-18-15-12(11)4-3-6-17-15/h1-7,9,16H,8,10H2,(H,17,18). The molecule has 0 aliphatic carbocycles. The summed E-state index contributed by atoms with van der Waals surface area (Å²) in [6.07, 6.45) is 5.76. The highest BCUT2D eigenvalue weighted by Gasteiger charge is 2.06. The molecule has 0 aliphatic heterocycles. The minimum absolute atomic E-state index is 0.665. The maximum absolute atomic E-state index is 4.29. The molecule has 4 rings (SSSR count). The molecular formula is C15H14N6. The molecular weight excluding hydrogens is 264 g/mol. The highest BCUT2D eigenvalue weighted by atomic mass is 15.3. The average molecular weight is 278 g/mol. The first kappa shape index (κ1) is 12.0. The summed E-state index contributed by atoms with van der Waals surface area (Å²) < 4.78 is 1.99. The van der Waals surface area contributed by atoms with Gasteiger partial charge in [0, 0.05) is 30.5 Å². The van der Waals surface area contributed by atoms with Crippen molar-refractivity contribution in [3.8, 4) is 0 Å². The van der Waals surface area contributed by atoms with Gasteiger partial charge in [-0.15, -0.1) is 10.2 Å². The van der Waals surface area contributed by atoms with E-state index < -0.39 is 0 Å². The number of rotatable bonds is 4. The SMILES string of the molecule is c1cnc2[nH]cc(CNCc3nnc4ccccn34)c2c1. The van der Waals surface area contributed by atoms with Gasteiger partial charge in [0.25, 0.3) is 0 Å². The Labute approximate surface area is 120 Å². The molecule has 4 heterocycles. The van der Waals surface area contributed by atoms with E-state index in [4.69, 9.17) is 0 Å². The molecule has 0 amide bonds. The molecule has 0 bridgehead atoms. The molecule has 2 N–H and O–H groups in total. The molecule has 104 valence electrons. The number of nitrogens with zero attached hydrogens (tertiary/aromatic N) is 4. The maximum atomic E-state index is 4.29. The predicted octanol–water partition coefficient (Wildman–Crippen LogP) is 1.90. The van der Waals surface area contributed by atoms with Crippen molar-refractivity contribution in [1.29, 1.82) is 0 Å². The van der Waals surface area contributed by atoms with E-state index in [0.717, 1.165) is 29.0 Å². The molecule has 4 aromatic rings. The van der Waals surface area contributed by atoms with Crippen LogP contribution < -0.4 is 5.32 Å². The molecule has 0 aromatic carbocycles. The number of nitrogens with one attached hydrogen (secondary N) is 2. The van der Waals surface area contributed by atoms with Crippen molar-refractivity contribution in [2.45, 2.75) is 13.1 Å². The molecule has 0 radical (unpaired) electrons. The van der Waals surface area contributed by atoms with Gasteiger partial charge in [-0.25, -0.2) is 4.98 Å². The Morgan fingerprint density at radius 1 is 1.10 bits per heavy atom. The highest BCUT2D eigenvalue weighted by Crippen LogP contribution is 2.15. The molecule has 0 atom stereocenters. The van der Waals surface area contributed by atoms with Gasteiger partial charge in [-0.05, 0) is 29.8 Å². The second-order valence-corrected chi connectivity index (χ2v) is 4.86. The Morgan fingerprint density at radius 2 is 2.10 bits per heavy atom. The van der Waals surface area contributed by atoms with E-state index in [1.165, 1.54) is 5.56 Å². The second kappa shape index (κ2) is 4.99. The van der Waals surface area contributed by atoms with Gasteiger partial charge in [-0.2, -0.15) is 0 Å². The lowest BCUT2D eigenvalue weighted by atomic mass is 10.2. The molecule has 0 saturated carbocycles. The van der Waals surface area contributed by atoms with Gasteiger partial charge in [0.15, 0.2) is 11.5 Å². The molecule has 21 heavy (non-hydrogen) atoms. The smallest absolute Gasteiger partial charge is 0.160 e. The summed E-state index contributed by atoms with van der Waals surface area (Å²) in [7, 11) is 0. The fourth-order valence-corrected chi connectivity index (χ4v) is 2.48. The summed E-state index contributed by atoms with van der Waals surface area (Å²) in [4.78, 5) is 7.47. The summed E-state index contributed by atoms with van der Waals surface area (Å²) in [6.45, 7) is 1.42. The topological polar surface area (TPSA) is 70.9 Å². The first-order valence-electron chi connectivity index (χ1n) is 6.82. The zero-order chi connectivity index (χ0) is 14.1. The summed E-state index contributed by atoms with van der Waals surface area (Å²) in [6, 6.07) is 9.90. The maximum Gasteiger partial charge on any atom is 0.160 e. The van der Waals surface area contributed by atoms with Crippen molar-refractivity contribution in [1.82, 2.24) is 29.9 Å². The van der Waals surface area contributed by atoms with Gasteiger partial charge in [-0.1, -0.05) is 6.07 Å². The number of H-pyrrole nitrogens is 1. The van der Waals surface area contributed by atoms with Crippen LogP contribution in [0.4, 0.5) is 0 Å². The predicted molar refractivity (Wildman–Crippen MR) is 79.6 cm³/mol. The van der Waals surface area contributed by atoms with Crippen molar-refractivity contribution >= 4 is 16.7 Å². The number of fused-ring (bicyclic) bond motifs is 2. The first-order chi connectivity index (χ1) is 10.4. The van der Waals surface area contributed by atoms with Crippen LogP contribution in [-0.2, 0) is 13.1 Å². The van der Waals surface area contributed by atoms with E-state index in [9.17, 15) is 0 Å². The van der Waals surface area contributed by atoms with Gasteiger partial charge >= 0.3 is 0 Å². The van der Waals surface area contributed by atoms with Crippen LogP contribution in [-0.4, -0.2) is 24.6 Å². The lowest BCUT2D eigenvalue weighted by molar-refractivity contribution is 0.659. The van der Waals surface area contributed by atoms with Gasteiger partial charge in [0.2, 0.25) is 0 Å². The van der Waals surface area contributed by atoms with E-state index in [0.29, 0.717) is 6.54 Å². The second-order valence-electron chi connectivity index (χ2n) is 4.86. The van der Waals surface area contributed by atoms with Crippen LogP contribution in [0.3, 0.4) is 0 Å². The Kier molecular flexibility index (Phi) is 2.86. The quantitative estimate of drug-likeness (QED) is 0.598. The minimum Gasteiger partial charge on any atom is -0.346 e. The highest BCUT2D eigenvalue weighted by molar-refractivity contribution is 5.79. The Morgan fingerprint density at radius 3 is 3.10 bits per heavy atom. The normalized spacial score (nSPS) is 11.4. The number of hydrogen-bond donors (Lipinski definition) is 2. The number of aromatic nitrogens is 5. The van der Waals surface area contributed by atoms with Crippen molar-refractivity contribution < 1.29 is 0 Å². The molecule has 4 aromatic heterocycles. The summed E-state index contributed by atoms with van der Waals surface area (Å²) in [5.41, 5.74) is 2.99. The van der Waals surface area contributed by atoms with Crippen LogP contribution in [0.25, 0.3) is 16.7 Å². The molecule has 0 fully saturated rings. The molecule has 0 aliphatic rings. The molecule has 6 nitrogen and oxygen atoms in total. The molecule has 0 saturated heterocycles. The van der Waals surface area contributed by atoms with E-state index in [-0.39, 0.29) is 0 Å². The fourth-order valence-electron chi connectivity index (χ4n) is 2.48. The third kappa shape index (κ3) is 2.15. The lowest BCUT2D eigenvalue weighted by Gasteiger charge is -2.02. The average Bonchev–Trinajstić information content (AvgIpc) is 3.13. The van der Waals surface area contributed by atoms with Gasteiger partial charge in [0.1, 0.15) is 5.65 Å². The largest absolute Gasteiger partial charge is 0.346 e. The van der Waals surface area contributed by atoms with Crippen LogP contribution >= 0.6 is 0 Å². The summed E-state index contributed by atoms with van der Waals surface area (Å²) >= 11 is 0. The van der Waals surface area contributed by atoms with E-state index >= 15 is 0 Å². The number of pyridine rings is 2. The number of hydrogen-bond acceptors (Lipinski definition) is 4. The van der Waals surface area contributed by atoms with Gasteiger partial charge in [0.05, 0.1) is 6.54 Å². The van der Waals surface area contributed by atoms with Crippen LogP contribution in [0.15, 0.2) is 48.9 Å². The van der Waals surface area contributed by atoms with Crippen LogP contribution in [0.1, 0.15) is 11.4 Å². The summed E-state index contributed by atoms with van der Waals surface area (Å²) in [5.74, 6) is 0.906. The van der Waals surface area contributed by atoms with Crippen LogP contribution in [0.2, 0.25) is 0 Å². The zero-order valence-electron chi connectivity index (χ0n) is 11.3. The molecule has 0 unspecified atom stereocenters. The van der Waals surface area contributed by atoms with Crippen molar-refractivity contribution in [3.05, 3.63) is 60.3 Å². The number of aromatic amines is 1. The van der Waals surface area contributed by atoms with E-state index in [2.05, 4.69) is 31.5 Å². The zero-order valence-corrected chi connectivity index (χ0v) is 11.3.